The van der Waals surface area contributed by atoms with Crippen LogP contribution in [-0.4, -0.2) is 20.1 Å². The summed E-state index contributed by atoms with van der Waals surface area (Å²) in [7, 11) is -3.59. The molecule has 0 heterocycles. The Bertz CT molecular complexity index is 823. The van der Waals surface area contributed by atoms with E-state index in [1.54, 1.807) is 0 Å². The SMILES string of the molecule is O=C(CCS(=O)(=O)c1ccc(Cl)cc1)Nc1ccc(Cl)c(F)c1. The van der Waals surface area contributed by atoms with Crippen LogP contribution in [0.3, 0.4) is 0 Å². The van der Waals surface area contributed by atoms with Crippen molar-refractivity contribution in [1.29, 1.82) is 0 Å². The van der Waals surface area contributed by atoms with Gasteiger partial charge in [-0.25, -0.2) is 12.8 Å². The number of hydrogen-bond acceptors (Lipinski definition) is 3. The first-order chi connectivity index (χ1) is 10.8. The number of halogens is 3. The average molecular weight is 376 g/mol. The van der Waals surface area contributed by atoms with Crippen LogP contribution in [0, 0.1) is 5.82 Å². The molecular weight excluding hydrogens is 364 g/mol. The molecule has 8 heteroatoms. The number of carbonyl (C=O) groups excluding carboxylic acids is 1. The number of rotatable bonds is 5. The number of amides is 1. The predicted octanol–water partition coefficient (Wildman–Crippen LogP) is 3.94. The van der Waals surface area contributed by atoms with E-state index in [4.69, 9.17) is 23.2 Å². The standard InChI is InChI=1S/C15H12Cl2FNO3S/c16-10-1-4-12(5-2-10)23(21,22)8-7-15(20)19-11-3-6-13(17)14(18)9-11/h1-6,9H,7-8H2,(H,19,20). The quantitative estimate of drug-likeness (QED) is 0.860. The van der Waals surface area contributed by atoms with E-state index in [0.29, 0.717) is 5.02 Å². The van der Waals surface area contributed by atoms with Gasteiger partial charge in [-0.15, -0.1) is 0 Å². The number of nitrogens with one attached hydrogen (secondary N) is 1. The van der Waals surface area contributed by atoms with Crippen molar-refractivity contribution in [1.82, 2.24) is 0 Å². The molecule has 122 valence electrons. The van der Waals surface area contributed by atoms with Gasteiger partial charge in [0.15, 0.2) is 9.84 Å². The van der Waals surface area contributed by atoms with E-state index in [-0.39, 0.29) is 27.8 Å². The van der Waals surface area contributed by atoms with Gasteiger partial charge in [0.05, 0.1) is 15.7 Å². The van der Waals surface area contributed by atoms with E-state index in [1.165, 1.54) is 36.4 Å². The highest BCUT2D eigenvalue weighted by Crippen LogP contribution is 2.19. The first kappa shape index (κ1) is 17.7. The fourth-order valence-electron chi connectivity index (χ4n) is 1.78. The van der Waals surface area contributed by atoms with Crippen molar-refractivity contribution >= 4 is 44.6 Å². The minimum Gasteiger partial charge on any atom is -0.326 e. The zero-order chi connectivity index (χ0) is 17.0. The molecule has 1 N–H and O–H groups in total. The minimum absolute atomic E-state index is 0.0617. The zero-order valence-electron chi connectivity index (χ0n) is 11.7. The molecular formula is C15H12Cl2FNO3S. The lowest BCUT2D eigenvalue weighted by atomic mass is 10.3. The van der Waals surface area contributed by atoms with E-state index in [0.717, 1.165) is 6.07 Å². The molecule has 0 bridgehead atoms. The maximum atomic E-state index is 13.3. The van der Waals surface area contributed by atoms with Crippen LogP contribution in [0.25, 0.3) is 0 Å². The van der Waals surface area contributed by atoms with Crippen LogP contribution in [0.5, 0.6) is 0 Å². The third-order valence-corrected chi connectivity index (χ3v) is 5.26. The lowest BCUT2D eigenvalue weighted by molar-refractivity contribution is -0.115. The van der Waals surface area contributed by atoms with Gasteiger partial charge in [-0.3, -0.25) is 4.79 Å². The Morgan fingerprint density at radius 3 is 2.35 bits per heavy atom. The Morgan fingerprint density at radius 2 is 1.74 bits per heavy atom. The molecule has 1 amide bonds. The van der Waals surface area contributed by atoms with E-state index < -0.39 is 21.6 Å². The largest absolute Gasteiger partial charge is 0.326 e. The van der Waals surface area contributed by atoms with Crippen LogP contribution in [0.4, 0.5) is 10.1 Å². The van der Waals surface area contributed by atoms with E-state index >= 15 is 0 Å². The van der Waals surface area contributed by atoms with Gasteiger partial charge in [-0.2, -0.15) is 0 Å². The summed E-state index contributed by atoms with van der Waals surface area (Å²) in [4.78, 5) is 11.9. The monoisotopic (exact) mass is 375 g/mol. The lowest BCUT2D eigenvalue weighted by Gasteiger charge is -2.07. The van der Waals surface area contributed by atoms with Gasteiger partial charge in [0, 0.05) is 17.1 Å². The summed E-state index contributed by atoms with van der Waals surface area (Å²) in [5, 5.41) is 2.78. The van der Waals surface area contributed by atoms with Crippen LogP contribution in [0.1, 0.15) is 6.42 Å². The fraction of sp³-hybridized carbons (Fsp3) is 0.133. The highest BCUT2D eigenvalue weighted by Gasteiger charge is 2.16. The maximum Gasteiger partial charge on any atom is 0.225 e. The number of sulfone groups is 1. The first-order valence-corrected chi connectivity index (χ1v) is 8.92. The summed E-state index contributed by atoms with van der Waals surface area (Å²) in [5.74, 6) is -1.57. The van der Waals surface area contributed by atoms with Gasteiger partial charge in [0.25, 0.3) is 0 Å². The molecule has 0 aromatic heterocycles. The molecule has 4 nitrogen and oxygen atoms in total. The van der Waals surface area contributed by atoms with Gasteiger partial charge < -0.3 is 5.32 Å². The molecule has 0 unspecified atom stereocenters. The summed E-state index contributed by atoms with van der Waals surface area (Å²) < 4.78 is 37.5. The van der Waals surface area contributed by atoms with Crippen molar-refractivity contribution in [3.05, 3.63) is 58.3 Å². The Kier molecular flexibility index (Phi) is 5.62. The molecule has 0 aliphatic carbocycles. The smallest absolute Gasteiger partial charge is 0.225 e. The predicted molar refractivity (Wildman–Crippen MR) is 88.2 cm³/mol. The highest BCUT2D eigenvalue weighted by atomic mass is 35.5. The second-order valence-corrected chi connectivity index (χ2v) is 7.65. The van der Waals surface area contributed by atoms with E-state index in [9.17, 15) is 17.6 Å². The Hall–Kier alpha value is -1.63. The van der Waals surface area contributed by atoms with Gasteiger partial charge in [0.1, 0.15) is 5.82 Å². The normalized spacial score (nSPS) is 11.3. The second-order valence-electron chi connectivity index (χ2n) is 4.70. The van der Waals surface area contributed by atoms with E-state index in [2.05, 4.69) is 5.32 Å². The van der Waals surface area contributed by atoms with Crippen molar-refractivity contribution in [2.24, 2.45) is 0 Å². The van der Waals surface area contributed by atoms with Gasteiger partial charge in [-0.1, -0.05) is 23.2 Å². The third-order valence-electron chi connectivity index (χ3n) is 2.97. The van der Waals surface area contributed by atoms with E-state index in [1.807, 2.05) is 0 Å². The topological polar surface area (TPSA) is 63.2 Å². The summed E-state index contributed by atoms with van der Waals surface area (Å²) in [5.41, 5.74) is 0.209. The highest BCUT2D eigenvalue weighted by molar-refractivity contribution is 7.91. The number of benzene rings is 2. The van der Waals surface area contributed by atoms with Crippen molar-refractivity contribution < 1.29 is 17.6 Å². The van der Waals surface area contributed by atoms with Crippen LogP contribution in [0.15, 0.2) is 47.4 Å². The maximum absolute atomic E-state index is 13.3. The molecule has 0 radical (unpaired) electrons. The van der Waals surface area contributed by atoms with Crippen molar-refractivity contribution in [3.8, 4) is 0 Å². The van der Waals surface area contributed by atoms with Crippen molar-refractivity contribution in [3.63, 3.8) is 0 Å². The molecule has 0 spiro atoms. The molecule has 2 aromatic carbocycles. The molecule has 2 rings (SSSR count). The minimum atomic E-state index is -3.59. The molecule has 23 heavy (non-hydrogen) atoms. The van der Waals surface area contributed by atoms with Crippen LogP contribution in [0.2, 0.25) is 10.0 Å². The number of hydrogen-bond donors (Lipinski definition) is 1. The molecule has 0 saturated heterocycles. The Morgan fingerprint density at radius 1 is 1.09 bits per heavy atom. The molecule has 2 aromatic rings. The van der Waals surface area contributed by atoms with Gasteiger partial charge in [-0.05, 0) is 42.5 Å². The molecule has 0 fully saturated rings. The number of anilines is 1. The van der Waals surface area contributed by atoms with Crippen LogP contribution < -0.4 is 5.32 Å². The van der Waals surface area contributed by atoms with Crippen LogP contribution >= 0.6 is 23.2 Å². The summed E-state index contributed by atoms with van der Waals surface area (Å²) in [6, 6.07) is 9.48. The molecule has 0 saturated carbocycles. The van der Waals surface area contributed by atoms with Gasteiger partial charge >= 0.3 is 0 Å². The summed E-state index contributed by atoms with van der Waals surface area (Å²) >= 11 is 11.2. The van der Waals surface area contributed by atoms with Crippen molar-refractivity contribution in [2.45, 2.75) is 11.3 Å². The van der Waals surface area contributed by atoms with Crippen LogP contribution in [-0.2, 0) is 14.6 Å². The molecule has 0 atom stereocenters. The summed E-state index contributed by atoms with van der Waals surface area (Å²) in [6.07, 6.45) is -0.255. The number of carbonyl (C=O) groups is 1. The molecule has 0 aliphatic heterocycles. The Balaban J connectivity index is 1.98. The first-order valence-electron chi connectivity index (χ1n) is 6.51. The summed E-state index contributed by atoms with van der Waals surface area (Å²) in [6.45, 7) is 0. The average Bonchev–Trinajstić information content (AvgIpc) is 2.50. The second kappa shape index (κ2) is 7.29. The zero-order valence-corrected chi connectivity index (χ0v) is 14.1. The van der Waals surface area contributed by atoms with Gasteiger partial charge in [0.2, 0.25) is 5.91 Å². The van der Waals surface area contributed by atoms with Crippen molar-refractivity contribution in [2.75, 3.05) is 11.1 Å². The molecule has 0 aliphatic rings. The lowest BCUT2D eigenvalue weighted by Crippen LogP contribution is -2.17. The fourth-order valence-corrected chi connectivity index (χ4v) is 3.27. The third kappa shape index (κ3) is 4.92. The Labute approximate surface area is 143 Å².